The molecule has 1 atom stereocenters. The van der Waals surface area contributed by atoms with Crippen molar-refractivity contribution in [2.45, 2.75) is 25.9 Å². The first-order chi connectivity index (χ1) is 8.24. The maximum Gasteiger partial charge on any atom is 0.373 e. The van der Waals surface area contributed by atoms with Crippen LogP contribution < -0.4 is 4.90 Å². The molecule has 1 saturated heterocycles. The zero-order chi connectivity index (χ0) is 12.7. The molecule has 1 aliphatic rings. The summed E-state index contributed by atoms with van der Waals surface area (Å²) in [5.74, 6) is 0. The van der Waals surface area contributed by atoms with Gasteiger partial charge in [-0.2, -0.15) is 9.59 Å². The lowest BCUT2D eigenvalue weighted by Gasteiger charge is -2.13. The third kappa shape index (κ3) is 3.93. The zero-order valence-corrected chi connectivity index (χ0v) is 10.8. The lowest BCUT2D eigenvalue weighted by atomic mass is 10.3. The van der Waals surface area contributed by atoms with Gasteiger partial charge in [-0.15, -0.1) is 11.3 Å². The van der Waals surface area contributed by atoms with Crippen molar-refractivity contribution in [1.82, 2.24) is 4.98 Å². The highest BCUT2D eigenvalue weighted by Gasteiger charge is 2.23. The molecule has 0 saturated carbocycles. The van der Waals surface area contributed by atoms with Crippen LogP contribution in [0, 0.1) is 0 Å². The van der Waals surface area contributed by atoms with Crippen molar-refractivity contribution in [3.05, 3.63) is 11.1 Å². The molecule has 94 valence electrons. The Bertz CT molecular complexity index is 375. The molecule has 1 fully saturated rings. The second-order valence-electron chi connectivity index (χ2n) is 3.65. The molecule has 1 aromatic rings. The number of hydrogen-bond donors (Lipinski definition) is 0. The third-order valence-electron chi connectivity index (χ3n) is 2.65. The summed E-state index contributed by atoms with van der Waals surface area (Å²) >= 11 is 1.74. The predicted molar refractivity (Wildman–Crippen MR) is 64.1 cm³/mol. The van der Waals surface area contributed by atoms with E-state index in [0.29, 0.717) is 6.10 Å². The molecule has 17 heavy (non-hydrogen) atoms. The molecule has 0 bridgehead atoms. The Kier molecular flexibility index (Phi) is 5.83. The predicted octanol–water partition coefficient (Wildman–Crippen LogP) is 1.35. The van der Waals surface area contributed by atoms with E-state index in [4.69, 9.17) is 14.3 Å². The number of hydrogen-bond acceptors (Lipinski definition) is 6. The number of anilines is 1. The molecule has 5 nitrogen and oxygen atoms in total. The number of aryl methyl sites for hydroxylation is 1. The van der Waals surface area contributed by atoms with Crippen molar-refractivity contribution in [3.8, 4) is 0 Å². The van der Waals surface area contributed by atoms with Gasteiger partial charge in [0.1, 0.15) is 0 Å². The third-order valence-corrected chi connectivity index (χ3v) is 3.60. The van der Waals surface area contributed by atoms with Crippen LogP contribution >= 0.6 is 11.3 Å². The van der Waals surface area contributed by atoms with E-state index in [0.717, 1.165) is 31.1 Å². The molecule has 2 heterocycles. The van der Waals surface area contributed by atoms with Crippen LogP contribution in [-0.4, -0.2) is 37.4 Å². The van der Waals surface area contributed by atoms with Gasteiger partial charge < -0.3 is 9.64 Å². The van der Waals surface area contributed by atoms with E-state index < -0.39 is 0 Å². The molecule has 2 rings (SSSR count). The topological polar surface area (TPSA) is 59.5 Å². The highest BCUT2D eigenvalue weighted by atomic mass is 32.1. The number of methoxy groups -OCH3 is 1. The second-order valence-corrected chi connectivity index (χ2v) is 4.49. The average Bonchev–Trinajstić information content (AvgIpc) is 2.98. The van der Waals surface area contributed by atoms with Crippen molar-refractivity contribution in [1.29, 1.82) is 0 Å². The van der Waals surface area contributed by atoms with Crippen LogP contribution in [0.4, 0.5) is 5.13 Å². The van der Waals surface area contributed by atoms with Gasteiger partial charge in [0, 0.05) is 25.6 Å². The second kappa shape index (κ2) is 7.17. The molecule has 0 N–H and O–H groups in total. The van der Waals surface area contributed by atoms with E-state index in [1.54, 1.807) is 18.4 Å². The minimum atomic E-state index is 0.250. The summed E-state index contributed by atoms with van der Waals surface area (Å²) in [5, 5.41) is 3.30. The standard InChI is InChI=1S/C10H16N2OS.CO2/c1-3-8-7-14-10(11-8)12-5-4-9(6-12)13-2;2-1-3/h7,9H,3-6H2,1-2H3;/t9-;/m1./s1. The van der Waals surface area contributed by atoms with Crippen LogP contribution in [0.25, 0.3) is 0 Å². The Morgan fingerprint density at radius 3 is 2.82 bits per heavy atom. The Balaban J connectivity index is 0.000000437. The van der Waals surface area contributed by atoms with Crippen LogP contribution in [-0.2, 0) is 20.7 Å². The number of aromatic nitrogens is 1. The van der Waals surface area contributed by atoms with Gasteiger partial charge in [-0.3, -0.25) is 0 Å². The summed E-state index contributed by atoms with van der Waals surface area (Å²) in [6.45, 7) is 4.21. The molecular formula is C11H16N2O3S. The van der Waals surface area contributed by atoms with Crippen LogP contribution in [0.5, 0.6) is 0 Å². The van der Waals surface area contributed by atoms with Gasteiger partial charge in [0.05, 0.1) is 11.8 Å². The van der Waals surface area contributed by atoms with Crippen LogP contribution in [0.2, 0.25) is 0 Å². The van der Waals surface area contributed by atoms with Crippen LogP contribution in [0.15, 0.2) is 5.38 Å². The summed E-state index contributed by atoms with van der Waals surface area (Å²) in [7, 11) is 1.79. The van der Waals surface area contributed by atoms with Gasteiger partial charge in [-0.25, -0.2) is 4.98 Å². The molecule has 0 amide bonds. The maximum atomic E-state index is 8.12. The Morgan fingerprint density at radius 2 is 2.35 bits per heavy atom. The van der Waals surface area contributed by atoms with Gasteiger partial charge in [0.15, 0.2) is 5.13 Å². The lowest BCUT2D eigenvalue weighted by molar-refractivity contribution is -0.191. The van der Waals surface area contributed by atoms with E-state index in [1.165, 1.54) is 5.69 Å². The quantitative estimate of drug-likeness (QED) is 0.817. The van der Waals surface area contributed by atoms with Crippen molar-refractivity contribution in [2.75, 3.05) is 25.1 Å². The van der Waals surface area contributed by atoms with E-state index in [1.807, 2.05) is 0 Å². The Labute approximate surface area is 104 Å². The average molecular weight is 256 g/mol. The minimum absolute atomic E-state index is 0.250. The van der Waals surface area contributed by atoms with Crippen molar-refractivity contribution >= 4 is 22.6 Å². The normalized spacial score (nSPS) is 18.5. The Hall–Kier alpha value is -1.23. The molecule has 1 aromatic heterocycles. The number of ether oxygens (including phenoxy) is 1. The molecule has 0 unspecified atom stereocenters. The number of nitrogens with zero attached hydrogens (tertiary/aromatic N) is 2. The monoisotopic (exact) mass is 256 g/mol. The van der Waals surface area contributed by atoms with Crippen LogP contribution in [0.1, 0.15) is 19.0 Å². The highest BCUT2D eigenvalue weighted by Crippen LogP contribution is 2.25. The van der Waals surface area contributed by atoms with Gasteiger partial charge >= 0.3 is 6.15 Å². The highest BCUT2D eigenvalue weighted by molar-refractivity contribution is 7.13. The fourth-order valence-corrected chi connectivity index (χ4v) is 2.64. The summed E-state index contributed by atoms with van der Waals surface area (Å²) in [4.78, 5) is 23.1. The lowest BCUT2D eigenvalue weighted by Crippen LogP contribution is -2.21. The van der Waals surface area contributed by atoms with Crippen LogP contribution in [0.3, 0.4) is 0 Å². The number of carbonyl (C=O) groups excluding carboxylic acids is 2. The summed E-state index contributed by atoms with van der Waals surface area (Å²) in [6.07, 6.45) is 2.79. The van der Waals surface area contributed by atoms with E-state index in [2.05, 4.69) is 22.2 Å². The van der Waals surface area contributed by atoms with Crippen molar-refractivity contribution in [3.63, 3.8) is 0 Å². The Morgan fingerprint density at radius 1 is 1.65 bits per heavy atom. The molecule has 0 radical (unpaired) electrons. The molecule has 6 heteroatoms. The minimum Gasteiger partial charge on any atom is -0.380 e. The van der Waals surface area contributed by atoms with E-state index >= 15 is 0 Å². The van der Waals surface area contributed by atoms with Gasteiger partial charge in [0.2, 0.25) is 0 Å². The smallest absolute Gasteiger partial charge is 0.373 e. The molecule has 1 aliphatic heterocycles. The van der Waals surface area contributed by atoms with Gasteiger partial charge in [0.25, 0.3) is 0 Å². The van der Waals surface area contributed by atoms with E-state index in [9.17, 15) is 0 Å². The van der Waals surface area contributed by atoms with Crippen molar-refractivity contribution < 1.29 is 14.3 Å². The summed E-state index contributed by atoms with van der Waals surface area (Å²) < 4.78 is 5.33. The molecule has 0 aliphatic carbocycles. The fourth-order valence-electron chi connectivity index (χ4n) is 1.70. The van der Waals surface area contributed by atoms with E-state index in [-0.39, 0.29) is 6.15 Å². The molecule has 0 spiro atoms. The number of rotatable bonds is 3. The van der Waals surface area contributed by atoms with Gasteiger partial charge in [-0.1, -0.05) is 6.92 Å². The first-order valence-corrected chi connectivity index (χ1v) is 6.34. The summed E-state index contributed by atoms with van der Waals surface area (Å²) in [6, 6.07) is 0. The van der Waals surface area contributed by atoms with Crippen molar-refractivity contribution in [2.24, 2.45) is 0 Å². The number of thiazole rings is 1. The summed E-state index contributed by atoms with van der Waals surface area (Å²) in [5.41, 5.74) is 1.20. The largest absolute Gasteiger partial charge is 0.380 e. The maximum absolute atomic E-state index is 8.12. The fraction of sp³-hybridized carbons (Fsp3) is 0.636. The SMILES string of the molecule is CCc1csc(N2CC[C@@H](OC)C2)n1.O=C=O. The molecular weight excluding hydrogens is 240 g/mol. The van der Waals surface area contributed by atoms with Gasteiger partial charge in [-0.05, 0) is 12.8 Å². The molecule has 0 aromatic carbocycles. The zero-order valence-electron chi connectivity index (χ0n) is 10.0. The first-order valence-electron chi connectivity index (χ1n) is 5.46. The first kappa shape index (κ1) is 13.8.